The second-order valence-corrected chi connectivity index (χ2v) is 5.38. The van der Waals surface area contributed by atoms with Crippen LogP contribution in [0.4, 0.5) is 4.79 Å². The SMILES string of the molecule is COC(=O)C1CNCC[C@@H]1NC(=O)OC(C)(C)C. The molecule has 1 unspecified atom stereocenters. The van der Waals surface area contributed by atoms with Crippen molar-refractivity contribution >= 4 is 12.1 Å². The molecule has 0 aromatic carbocycles. The first-order valence-corrected chi connectivity index (χ1v) is 6.11. The summed E-state index contributed by atoms with van der Waals surface area (Å²) in [5.74, 6) is -0.681. The van der Waals surface area contributed by atoms with Crippen molar-refractivity contribution in [2.24, 2.45) is 5.92 Å². The van der Waals surface area contributed by atoms with Crippen molar-refractivity contribution in [3.8, 4) is 0 Å². The maximum atomic E-state index is 11.7. The Morgan fingerprint density at radius 3 is 2.56 bits per heavy atom. The Morgan fingerprint density at radius 2 is 2.00 bits per heavy atom. The molecule has 18 heavy (non-hydrogen) atoms. The van der Waals surface area contributed by atoms with Crippen LogP contribution in [0.3, 0.4) is 0 Å². The van der Waals surface area contributed by atoms with E-state index in [0.29, 0.717) is 13.0 Å². The van der Waals surface area contributed by atoms with E-state index in [1.807, 2.05) is 0 Å². The molecule has 1 saturated heterocycles. The number of amides is 1. The quantitative estimate of drug-likeness (QED) is 0.712. The van der Waals surface area contributed by atoms with E-state index in [1.54, 1.807) is 20.8 Å². The Kier molecular flexibility index (Phi) is 4.95. The average molecular weight is 258 g/mol. The van der Waals surface area contributed by atoms with Gasteiger partial charge in [-0.15, -0.1) is 0 Å². The molecule has 1 aliphatic rings. The van der Waals surface area contributed by atoms with Gasteiger partial charge in [0.05, 0.1) is 13.0 Å². The summed E-state index contributed by atoms with van der Waals surface area (Å²) >= 11 is 0. The normalized spacial score (nSPS) is 24.2. The van der Waals surface area contributed by atoms with Gasteiger partial charge in [0, 0.05) is 12.6 Å². The van der Waals surface area contributed by atoms with Gasteiger partial charge < -0.3 is 20.1 Å². The van der Waals surface area contributed by atoms with E-state index >= 15 is 0 Å². The lowest BCUT2D eigenvalue weighted by molar-refractivity contribution is -0.146. The van der Waals surface area contributed by atoms with Gasteiger partial charge in [-0.05, 0) is 33.7 Å². The van der Waals surface area contributed by atoms with Crippen LogP contribution < -0.4 is 10.6 Å². The molecule has 0 spiro atoms. The van der Waals surface area contributed by atoms with Gasteiger partial charge in [0.15, 0.2) is 0 Å². The van der Waals surface area contributed by atoms with Gasteiger partial charge in [0.25, 0.3) is 0 Å². The van der Waals surface area contributed by atoms with Crippen molar-refractivity contribution < 1.29 is 19.1 Å². The molecule has 1 rings (SSSR count). The van der Waals surface area contributed by atoms with E-state index in [-0.39, 0.29) is 17.9 Å². The largest absolute Gasteiger partial charge is 0.469 e. The summed E-state index contributed by atoms with van der Waals surface area (Å²) in [5.41, 5.74) is -0.544. The molecule has 0 bridgehead atoms. The molecule has 6 nitrogen and oxygen atoms in total. The molecular weight excluding hydrogens is 236 g/mol. The highest BCUT2D eigenvalue weighted by atomic mass is 16.6. The first kappa shape index (κ1) is 14.8. The molecule has 1 heterocycles. The lowest BCUT2D eigenvalue weighted by Gasteiger charge is -2.31. The Morgan fingerprint density at radius 1 is 1.33 bits per heavy atom. The Labute approximate surface area is 107 Å². The van der Waals surface area contributed by atoms with Crippen molar-refractivity contribution in [3.05, 3.63) is 0 Å². The topological polar surface area (TPSA) is 76.7 Å². The summed E-state index contributed by atoms with van der Waals surface area (Å²) in [6.07, 6.45) is 0.183. The van der Waals surface area contributed by atoms with E-state index in [0.717, 1.165) is 6.54 Å². The Hall–Kier alpha value is -1.30. The summed E-state index contributed by atoms with van der Waals surface area (Å²) in [5, 5.41) is 5.85. The fourth-order valence-corrected chi connectivity index (χ4v) is 1.89. The third-order valence-corrected chi connectivity index (χ3v) is 2.69. The Balaban J connectivity index is 2.57. The van der Waals surface area contributed by atoms with Crippen LogP contribution in [-0.4, -0.2) is 43.9 Å². The smallest absolute Gasteiger partial charge is 0.407 e. The van der Waals surface area contributed by atoms with Crippen LogP contribution in [0.25, 0.3) is 0 Å². The van der Waals surface area contributed by atoms with Crippen LogP contribution >= 0.6 is 0 Å². The zero-order valence-corrected chi connectivity index (χ0v) is 11.4. The van der Waals surface area contributed by atoms with E-state index < -0.39 is 11.7 Å². The number of nitrogens with one attached hydrogen (secondary N) is 2. The molecule has 1 aliphatic heterocycles. The van der Waals surface area contributed by atoms with Crippen molar-refractivity contribution in [1.82, 2.24) is 10.6 Å². The summed E-state index contributed by atoms with van der Waals surface area (Å²) in [7, 11) is 1.35. The summed E-state index contributed by atoms with van der Waals surface area (Å²) in [6, 6.07) is -0.242. The van der Waals surface area contributed by atoms with Crippen LogP contribution in [0.5, 0.6) is 0 Å². The van der Waals surface area contributed by atoms with Crippen molar-refractivity contribution in [3.63, 3.8) is 0 Å². The van der Waals surface area contributed by atoms with Crippen molar-refractivity contribution in [2.75, 3.05) is 20.2 Å². The molecule has 0 aromatic rings. The van der Waals surface area contributed by atoms with Crippen molar-refractivity contribution in [1.29, 1.82) is 0 Å². The second-order valence-electron chi connectivity index (χ2n) is 5.38. The lowest BCUT2D eigenvalue weighted by Crippen LogP contribution is -2.53. The first-order valence-electron chi connectivity index (χ1n) is 6.11. The molecule has 2 atom stereocenters. The predicted octanol–water partition coefficient (Wildman–Crippen LogP) is 0.662. The number of esters is 1. The van der Waals surface area contributed by atoms with Crippen LogP contribution in [-0.2, 0) is 14.3 Å². The fourth-order valence-electron chi connectivity index (χ4n) is 1.89. The maximum Gasteiger partial charge on any atom is 0.407 e. The summed E-state index contributed by atoms with van der Waals surface area (Å²) in [6.45, 7) is 6.66. The molecule has 1 fully saturated rings. The number of ether oxygens (including phenoxy) is 2. The highest BCUT2D eigenvalue weighted by Gasteiger charge is 2.33. The first-order chi connectivity index (χ1) is 8.33. The van der Waals surface area contributed by atoms with Crippen LogP contribution in [0.1, 0.15) is 27.2 Å². The van der Waals surface area contributed by atoms with E-state index in [4.69, 9.17) is 9.47 Å². The van der Waals surface area contributed by atoms with E-state index in [9.17, 15) is 9.59 Å². The van der Waals surface area contributed by atoms with Gasteiger partial charge in [-0.3, -0.25) is 4.79 Å². The van der Waals surface area contributed by atoms with Gasteiger partial charge in [0.2, 0.25) is 0 Å². The minimum atomic E-state index is -0.544. The van der Waals surface area contributed by atoms with E-state index in [2.05, 4.69) is 10.6 Å². The Bertz CT molecular complexity index is 312. The van der Waals surface area contributed by atoms with Gasteiger partial charge >= 0.3 is 12.1 Å². The predicted molar refractivity (Wildman–Crippen MR) is 66.2 cm³/mol. The molecule has 0 aliphatic carbocycles. The molecule has 0 radical (unpaired) electrons. The third kappa shape index (κ3) is 4.52. The minimum Gasteiger partial charge on any atom is -0.469 e. The number of methoxy groups -OCH3 is 1. The number of alkyl carbamates (subject to hydrolysis) is 1. The van der Waals surface area contributed by atoms with Gasteiger partial charge in [-0.25, -0.2) is 4.79 Å². The standard InChI is InChI=1S/C12H22N2O4/c1-12(2,3)18-11(16)14-9-5-6-13-7-8(9)10(15)17-4/h8-9,13H,5-7H2,1-4H3,(H,14,16)/t8?,9-/m0/s1. The number of carbonyl (C=O) groups is 2. The van der Waals surface area contributed by atoms with Gasteiger partial charge in [0.1, 0.15) is 5.60 Å². The monoisotopic (exact) mass is 258 g/mol. The molecule has 0 aromatic heterocycles. The van der Waals surface area contributed by atoms with Crippen LogP contribution in [0.2, 0.25) is 0 Å². The van der Waals surface area contributed by atoms with Gasteiger partial charge in [-0.1, -0.05) is 0 Å². The zero-order valence-electron chi connectivity index (χ0n) is 11.4. The molecule has 0 saturated carbocycles. The summed E-state index contributed by atoms with van der Waals surface area (Å²) < 4.78 is 9.91. The zero-order chi connectivity index (χ0) is 13.8. The molecule has 1 amide bonds. The number of hydrogen-bond donors (Lipinski definition) is 2. The van der Waals surface area contributed by atoms with E-state index in [1.165, 1.54) is 7.11 Å². The number of carbonyl (C=O) groups excluding carboxylic acids is 2. The number of hydrogen-bond acceptors (Lipinski definition) is 5. The molecule has 104 valence electrons. The maximum absolute atomic E-state index is 11.7. The minimum absolute atomic E-state index is 0.242. The van der Waals surface area contributed by atoms with Crippen LogP contribution in [0, 0.1) is 5.92 Å². The average Bonchev–Trinajstić information content (AvgIpc) is 2.26. The second kappa shape index (κ2) is 6.04. The molecule has 2 N–H and O–H groups in total. The number of piperidine rings is 1. The van der Waals surface area contributed by atoms with Crippen LogP contribution in [0.15, 0.2) is 0 Å². The molecular formula is C12H22N2O4. The lowest BCUT2D eigenvalue weighted by atomic mass is 9.93. The highest BCUT2D eigenvalue weighted by molar-refractivity contribution is 5.75. The summed E-state index contributed by atoms with van der Waals surface area (Å²) in [4.78, 5) is 23.3. The fraction of sp³-hybridized carbons (Fsp3) is 0.833. The van der Waals surface area contributed by atoms with Crippen molar-refractivity contribution in [2.45, 2.75) is 38.8 Å². The molecule has 6 heteroatoms. The van der Waals surface area contributed by atoms with Gasteiger partial charge in [-0.2, -0.15) is 0 Å². The third-order valence-electron chi connectivity index (χ3n) is 2.69. The number of rotatable bonds is 2. The highest BCUT2D eigenvalue weighted by Crippen LogP contribution is 2.14.